The lowest BCUT2D eigenvalue weighted by Crippen LogP contribution is -2.27. The lowest BCUT2D eigenvalue weighted by Gasteiger charge is -2.16. The molecule has 1 amide bonds. The first kappa shape index (κ1) is 23.8. The van der Waals surface area contributed by atoms with Gasteiger partial charge in [0.2, 0.25) is 0 Å². The first-order chi connectivity index (χ1) is 15.0. The number of anilines is 1. The van der Waals surface area contributed by atoms with Crippen molar-refractivity contribution in [1.29, 1.82) is 0 Å². The van der Waals surface area contributed by atoms with Gasteiger partial charge in [-0.3, -0.25) is 9.52 Å². The molecule has 0 heterocycles. The van der Waals surface area contributed by atoms with Crippen LogP contribution >= 0.6 is 11.6 Å². The van der Waals surface area contributed by atoms with Crippen molar-refractivity contribution in [2.75, 3.05) is 11.0 Å². The van der Waals surface area contributed by atoms with Crippen LogP contribution in [0, 0.1) is 0 Å². The third-order valence-electron chi connectivity index (χ3n) is 4.66. The Morgan fingerprint density at radius 1 is 0.906 bits per heavy atom. The van der Waals surface area contributed by atoms with Gasteiger partial charge in [0.25, 0.3) is 15.9 Å². The fourth-order valence-electron chi connectivity index (χ4n) is 2.93. The highest BCUT2D eigenvalue weighted by molar-refractivity contribution is 7.92. The summed E-state index contributed by atoms with van der Waals surface area (Å²) in [4.78, 5) is 12.7. The van der Waals surface area contributed by atoms with Crippen LogP contribution in [0.25, 0.3) is 0 Å². The summed E-state index contributed by atoms with van der Waals surface area (Å²) in [5.41, 5.74) is 1.17. The molecule has 0 unspecified atom stereocenters. The largest absolute Gasteiger partial charge is 0.346 e. The molecular formula is C22H21ClN2O5S2. The topological polar surface area (TPSA) is 109 Å². The van der Waals surface area contributed by atoms with Gasteiger partial charge in [-0.2, -0.15) is 0 Å². The molecule has 3 aromatic rings. The first-order valence-corrected chi connectivity index (χ1v) is 13.2. The Morgan fingerprint density at radius 2 is 1.53 bits per heavy atom. The van der Waals surface area contributed by atoms with Crippen LogP contribution in [-0.4, -0.2) is 29.0 Å². The van der Waals surface area contributed by atoms with E-state index < -0.39 is 31.8 Å². The molecule has 7 nitrogen and oxygen atoms in total. The van der Waals surface area contributed by atoms with Gasteiger partial charge in [0, 0.05) is 17.5 Å². The monoisotopic (exact) mass is 492 g/mol. The molecule has 0 bridgehead atoms. The smallest absolute Gasteiger partial charge is 0.263 e. The zero-order chi connectivity index (χ0) is 23.5. The van der Waals surface area contributed by atoms with Crippen molar-refractivity contribution >= 4 is 43.1 Å². The lowest BCUT2D eigenvalue weighted by atomic mass is 10.1. The van der Waals surface area contributed by atoms with Crippen molar-refractivity contribution in [3.05, 3.63) is 88.9 Å². The third kappa shape index (κ3) is 5.67. The van der Waals surface area contributed by atoms with E-state index in [2.05, 4.69) is 10.0 Å². The normalized spacial score (nSPS) is 12.7. The van der Waals surface area contributed by atoms with E-state index in [1.54, 1.807) is 49.4 Å². The zero-order valence-corrected chi connectivity index (χ0v) is 19.6. The van der Waals surface area contributed by atoms with Crippen LogP contribution in [0.4, 0.5) is 5.69 Å². The predicted molar refractivity (Wildman–Crippen MR) is 124 cm³/mol. The number of rotatable bonds is 7. The molecule has 0 spiro atoms. The molecule has 0 saturated carbocycles. The average Bonchev–Trinajstić information content (AvgIpc) is 2.73. The van der Waals surface area contributed by atoms with Crippen LogP contribution < -0.4 is 10.0 Å². The summed E-state index contributed by atoms with van der Waals surface area (Å²) in [7, 11) is -7.34. The number of halogens is 1. The summed E-state index contributed by atoms with van der Waals surface area (Å²) in [6.45, 7) is 1.73. The molecule has 0 radical (unpaired) electrons. The number of para-hydroxylation sites is 1. The summed E-state index contributed by atoms with van der Waals surface area (Å²) in [6.07, 6.45) is 1.12. The molecule has 0 aliphatic heterocycles. The van der Waals surface area contributed by atoms with Crippen LogP contribution in [0.3, 0.4) is 0 Å². The molecule has 1 atom stereocenters. The molecular weight excluding hydrogens is 472 g/mol. The molecule has 3 rings (SSSR count). The number of hydrogen-bond donors (Lipinski definition) is 2. The molecule has 0 aliphatic rings. The molecule has 3 aromatic carbocycles. The van der Waals surface area contributed by atoms with E-state index in [1.807, 2.05) is 0 Å². The van der Waals surface area contributed by atoms with Gasteiger partial charge < -0.3 is 5.32 Å². The van der Waals surface area contributed by atoms with Crippen LogP contribution in [0.1, 0.15) is 28.9 Å². The van der Waals surface area contributed by atoms with Crippen LogP contribution in [0.5, 0.6) is 0 Å². The van der Waals surface area contributed by atoms with E-state index in [1.165, 1.54) is 30.3 Å². The van der Waals surface area contributed by atoms with Crippen LogP contribution in [-0.2, 0) is 19.9 Å². The first-order valence-electron chi connectivity index (χ1n) is 9.46. The molecule has 0 saturated heterocycles. The van der Waals surface area contributed by atoms with Crippen molar-refractivity contribution in [2.45, 2.75) is 22.8 Å². The van der Waals surface area contributed by atoms with E-state index in [4.69, 9.17) is 11.6 Å². The van der Waals surface area contributed by atoms with E-state index in [0.717, 1.165) is 6.26 Å². The highest BCUT2D eigenvalue weighted by Gasteiger charge is 2.21. The Hall–Kier alpha value is -2.88. The van der Waals surface area contributed by atoms with Gasteiger partial charge in [0.1, 0.15) is 4.90 Å². The zero-order valence-electron chi connectivity index (χ0n) is 17.2. The third-order valence-corrected chi connectivity index (χ3v) is 7.66. The molecule has 168 valence electrons. The van der Waals surface area contributed by atoms with Crippen molar-refractivity contribution in [2.24, 2.45) is 0 Å². The Morgan fingerprint density at radius 3 is 2.12 bits per heavy atom. The summed E-state index contributed by atoms with van der Waals surface area (Å²) in [5.74, 6) is -0.502. The minimum atomic E-state index is -4.02. The van der Waals surface area contributed by atoms with Gasteiger partial charge in [-0.1, -0.05) is 41.9 Å². The molecule has 10 heteroatoms. The Balaban J connectivity index is 1.80. The van der Waals surface area contributed by atoms with Gasteiger partial charge in [0.15, 0.2) is 9.84 Å². The second kappa shape index (κ2) is 9.32. The highest BCUT2D eigenvalue weighted by atomic mass is 35.5. The minimum Gasteiger partial charge on any atom is -0.346 e. The number of benzene rings is 3. The number of sulfonamides is 1. The summed E-state index contributed by atoms with van der Waals surface area (Å²) in [6, 6.07) is 18.0. The SMILES string of the molecule is C[C@H](NC(=O)c1ccc(Cl)c(S(=O)(=O)Nc2ccccc2)c1)c1ccc(S(C)(=O)=O)cc1. The van der Waals surface area contributed by atoms with Crippen molar-refractivity contribution < 1.29 is 21.6 Å². The standard InChI is InChI=1S/C22H21ClN2O5S2/c1-15(16-8-11-19(12-9-16)31(2,27)28)24-22(26)17-10-13-20(23)21(14-17)32(29,30)25-18-6-4-3-5-7-18/h3-15,25H,1-2H3,(H,24,26)/t15-/m0/s1. The summed E-state index contributed by atoms with van der Waals surface area (Å²) in [5, 5.41) is 2.75. The number of carbonyl (C=O) groups is 1. The molecule has 32 heavy (non-hydrogen) atoms. The number of carbonyl (C=O) groups excluding carboxylic acids is 1. The maximum Gasteiger partial charge on any atom is 0.263 e. The molecule has 2 N–H and O–H groups in total. The molecule has 0 aromatic heterocycles. The van der Waals surface area contributed by atoms with E-state index in [0.29, 0.717) is 11.3 Å². The number of amides is 1. The van der Waals surface area contributed by atoms with Gasteiger partial charge in [-0.25, -0.2) is 16.8 Å². The fraction of sp³-hybridized carbons (Fsp3) is 0.136. The van der Waals surface area contributed by atoms with Crippen molar-refractivity contribution in [1.82, 2.24) is 5.32 Å². The Labute approximate surface area is 192 Å². The van der Waals surface area contributed by atoms with Gasteiger partial charge >= 0.3 is 0 Å². The van der Waals surface area contributed by atoms with E-state index in [-0.39, 0.29) is 20.4 Å². The van der Waals surface area contributed by atoms with Gasteiger partial charge in [0.05, 0.1) is 16.0 Å². The summed E-state index contributed by atoms with van der Waals surface area (Å²) >= 11 is 6.10. The lowest BCUT2D eigenvalue weighted by molar-refractivity contribution is 0.0939. The van der Waals surface area contributed by atoms with Crippen LogP contribution in [0.2, 0.25) is 5.02 Å². The van der Waals surface area contributed by atoms with Crippen molar-refractivity contribution in [3.8, 4) is 0 Å². The molecule has 0 aliphatic carbocycles. The minimum absolute atomic E-state index is 0.0191. The fourth-order valence-corrected chi connectivity index (χ4v) is 5.15. The summed E-state index contributed by atoms with van der Waals surface area (Å²) < 4.78 is 51.2. The predicted octanol–water partition coefficient (Wildman–Crippen LogP) is 4.04. The maximum absolute atomic E-state index is 12.8. The second-order valence-electron chi connectivity index (χ2n) is 7.15. The highest BCUT2D eigenvalue weighted by Crippen LogP contribution is 2.25. The maximum atomic E-state index is 12.8. The number of hydrogen-bond acceptors (Lipinski definition) is 5. The Kier molecular flexibility index (Phi) is 6.92. The van der Waals surface area contributed by atoms with Gasteiger partial charge in [-0.15, -0.1) is 0 Å². The van der Waals surface area contributed by atoms with E-state index in [9.17, 15) is 21.6 Å². The van der Waals surface area contributed by atoms with Crippen LogP contribution in [0.15, 0.2) is 82.6 Å². The van der Waals surface area contributed by atoms with Gasteiger partial charge in [-0.05, 0) is 55.0 Å². The quantitative estimate of drug-likeness (QED) is 0.517. The molecule has 0 fully saturated rings. The Bertz CT molecular complexity index is 1340. The number of nitrogens with one attached hydrogen (secondary N) is 2. The van der Waals surface area contributed by atoms with Crippen molar-refractivity contribution in [3.63, 3.8) is 0 Å². The van der Waals surface area contributed by atoms with E-state index >= 15 is 0 Å². The average molecular weight is 493 g/mol. The second-order valence-corrected chi connectivity index (χ2v) is 11.2. The number of sulfone groups is 1.